The van der Waals surface area contributed by atoms with E-state index in [1.54, 1.807) is 0 Å². The number of hydrogen-bond donors (Lipinski definition) is 2. The molecule has 3 aromatic rings. The largest absolute Gasteiger partial charge is 0.382 e. The Hall–Kier alpha value is -2.56. The Morgan fingerprint density at radius 1 is 1.24 bits per heavy atom. The highest BCUT2D eigenvalue weighted by molar-refractivity contribution is 6.02. The van der Waals surface area contributed by atoms with Gasteiger partial charge in [-0.25, -0.2) is 4.98 Å². The smallest absolute Gasteiger partial charge is 0.168 e. The lowest BCUT2D eigenvalue weighted by Gasteiger charge is -2.16. The van der Waals surface area contributed by atoms with Crippen LogP contribution < -0.4 is 5.32 Å². The average Bonchev–Trinajstić information content (AvgIpc) is 3.07. The minimum absolute atomic E-state index is 0.132. The number of carbonyl (C=O) groups is 1. The number of aromatic nitrogens is 3. The molecule has 2 N–H and O–H groups in total. The zero-order chi connectivity index (χ0) is 18.4. The summed E-state index contributed by atoms with van der Waals surface area (Å²) in [6, 6.07) is 8.12. The number of fused-ring (bicyclic) bond motifs is 1. The Labute approximate surface area is 148 Å². The lowest BCUT2D eigenvalue weighted by atomic mass is 9.86. The van der Waals surface area contributed by atoms with Crippen molar-refractivity contribution in [1.29, 1.82) is 0 Å². The summed E-state index contributed by atoms with van der Waals surface area (Å²) in [5, 5.41) is 3.40. The molecule has 5 heteroatoms. The Kier molecular flexibility index (Phi) is 4.19. The van der Waals surface area contributed by atoms with Gasteiger partial charge in [0.2, 0.25) is 0 Å². The van der Waals surface area contributed by atoms with Crippen molar-refractivity contribution in [2.75, 3.05) is 5.32 Å². The second kappa shape index (κ2) is 6.06. The van der Waals surface area contributed by atoms with Crippen LogP contribution in [0.1, 0.15) is 45.0 Å². The molecule has 0 amide bonds. The maximum absolute atomic E-state index is 12.5. The fourth-order valence-electron chi connectivity index (χ4n) is 2.92. The van der Waals surface area contributed by atoms with Crippen molar-refractivity contribution >= 4 is 22.5 Å². The van der Waals surface area contributed by atoms with E-state index in [0.717, 1.165) is 28.2 Å². The second-order valence-electron chi connectivity index (χ2n) is 7.92. The molecular weight excluding hydrogens is 312 g/mol. The van der Waals surface area contributed by atoms with Crippen molar-refractivity contribution in [1.82, 2.24) is 14.5 Å². The molecule has 0 aliphatic rings. The van der Waals surface area contributed by atoms with E-state index in [1.165, 1.54) is 0 Å². The quantitative estimate of drug-likeness (QED) is 0.682. The lowest BCUT2D eigenvalue weighted by molar-refractivity contribution is 0.0858. The molecule has 0 radical (unpaired) electrons. The third kappa shape index (κ3) is 3.45. The first-order chi connectivity index (χ1) is 11.6. The molecule has 2 aromatic heterocycles. The molecule has 132 valence electrons. The summed E-state index contributed by atoms with van der Waals surface area (Å²) in [6.45, 7) is 10.0. The second-order valence-corrected chi connectivity index (χ2v) is 7.92. The molecule has 0 unspecified atom stereocenters. The topological polar surface area (TPSA) is 62.7 Å². The average molecular weight is 338 g/mol. The predicted octanol–water partition coefficient (Wildman–Crippen LogP) is 4.62. The van der Waals surface area contributed by atoms with Gasteiger partial charge in [0.15, 0.2) is 11.6 Å². The van der Waals surface area contributed by atoms with E-state index in [9.17, 15) is 4.79 Å². The van der Waals surface area contributed by atoms with Gasteiger partial charge in [-0.3, -0.25) is 4.79 Å². The van der Waals surface area contributed by atoms with E-state index in [-0.39, 0.29) is 5.78 Å². The molecule has 0 aliphatic carbocycles. The molecule has 1 aromatic carbocycles. The van der Waals surface area contributed by atoms with Crippen LogP contribution in [-0.2, 0) is 7.05 Å². The van der Waals surface area contributed by atoms with Gasteiger partial charge in [-0.1, -0.05) is 20.8 Å². The van der Waals surface area contributed by atoms with Crippen molar-refractivity contribution in [3.8, 4) is 11.5 Å². The van der Waals surface area contributed by atoms with Crippen LogP contribution in [0.3, 0.4) is 0 Å². The summed E-state index contributed by atoms with van der Waals surface area (Å²) < 4.78 is 2.05. The van der Waals surface area contributed by atoms with E-state index in [1.807, 2.05) is 50.6 Å². The first-order valence-corrected chi connectivity index (χ1v) is 8.63. The first kappa shape index (κ1) is 17.3. The highest BCUT2D eigenvalue weighted by Crippen LogP contribution is 2.27. The molecule has 25 heavy (non-hydrogen) atoms. The number of benzene rings is 1. The number of aryl methyl sites for hydroxylation is 1. The van der Waals surface area contributed by atoms with Gasteiger partial charge in [0.25, 0.3) is 0 Å². The third-order valence-electron chi connectivity index (χ3n) is 4.13. The van der Waals surface area contributed by atoms with Gasteiger partial charge in [-0.05, 0) is 38.1 Å². The van der Waals surface area contributed by atoms with Crippen LogP contribution >= 0.6 is 0 Å². The predicted molar refractivity (Wildman–Crippen MR) is 103 cm³/mol. The van der Waals surface area contributed by atoms with Gasteiger partial charge in [-0.2, -0.15) is 0 Å². The Bertz CT molecular complexity index is 925. The summed E-state index contributed by atoms with van der Waals surface area (Å²) in [7, 11) is 2.00. The van der Waals surface area contributed by atoms with E-state index in [0.29, 0.717) is 11.6 Å². The number of ketones is 1. The van der Waals surface area contributed by atoms with E-state index in [2.05, 4.69) is 41.4 Å². The third-order valence-corrected chi connectivity index (χ3v) is 4.13. The fraction of sp³-hybridized carbons (Fsp3) is 0.400. The molecule has 3 rings (SSSR count). The van der Waals surface area contributed by atoms with Crippen LogP contribution in [0.25, 0.3) is 22.6 Å². The number of hydrogen-bond acceptors (Lipinski definition) is 3. The van der Waals surface area contributed by atoms with E-state index >= 15 is 0 Å². The highest BCUT2D eigenvalue weighted by Gasteiger charge is 2.23. The van der Waals surface area contributed by atoms with Crippen LogP contribution in [0, 0.1) is 5.41 Å². The Balaban J connectivity index is 1.99. The molecule has 0 saturated heterocycles. The minimum atomic E-state index is -0.397. The number of rotatable bonds is 4. The molecule has 0 aliphatic heterocycles. The SMILES string of the molecule is CC(C)Nc1cc(-c2nc3ccc(C(=O)C(C)(C)C)cc3[nH]2)n(C)c1. The van der Waals surface area contributed by atoms with Crippen molar-refractivity contribution in [3.63, 3.8) is 0 Å². The maximum atomic E-state index is 12.5. The summed E-state index contributed by atoms with van der Waals surface area (Å²) in [5.41, 5.74) is 4.13. The summed E-state index contributed by atoms with van der Waals surface area (Å²) >= 11 is 0. The number of nitrogens with zero attached hydrogens (tertiary/aromatic N) is 2. The Morgan fingerprint density at radius 3 is 2.60 bits per heavy atom. The highest BCUT2D eigenvalue weighted by atomic mass is 16.1. The number of aromatic amines is 1. The van der Waals surface area contributed by atoms with Crippen molar-refractivity contribution < 1.29 is 4.79 Å². The molecule has 2 heterocycles. The standard InChI is InChI=1S/C20H26N4O/c1-12(2)21-14-10-17(24(6)11-14)19-22-15-8-7-13(9-16(15)23-19)18(25)20(3,4)5/h7-12,21H,1-6H3,(H,22,23). The molecule has 0 fully saturated rings. The minimum Gasteiger partial charge on any atom is -0.382 e. The first-order valence-electron chi connectivity index (χ1n) is 8.63. The van der Waals surface area contributed by atoms with Gasteiger partial charge in [0.05, 0.1) is 22.4 Å². The van der Waals surface area contributed by atoms with Crippen LogP contribution in [0.2, 0.25) is 0 Å². The fourth-order valence-corrected chi connectivity index (χ4v) is 2.92. The number of carbonyl (C=O) groups excluding carboxylic acids is 1. The van der Waals surface area contributed by atoms with Crippen LogP contribution in [0.15, 0.2) is 30.5 Å². The van der Waals surface area contributed by atoms with Crippen LogP contribution in [0.5, 0.6) is 0 Å². The number of imidazole rings is 1. The summed E-state index contributed by atoms with van der Waals surface area (Å²) in [4.78, 5) is 20.5. The van der Waals surface area contributed by atoms with Crippen molar-refractivity contribution in [2.45, 2.75) is 40.7 Å². The molecule has 0 atom stereocenters. The number of anilines is 1. The molecule has 0 saturated carbocycles. The van der Waals surface area contributed by atoms with E-state index in [4.69, 9.17) is 0 Å². The maximum Gasteiger partial charge on any atom is 0.168 e. The zero-order valence-corrected chi connectivity index (χ0v) is 15.8. The molecule has 0 spiro atoms. The number of H-pyrrole nitrogens is 1. The van der Waals surface area contributed by atoms with Gasteiger partial charge in [-0.15, -0.1) is 0 Å². The van der Waals surface area contributed by atoms with Gasteiger partial charge >= 0.3 is 0 Å². The van der Waals surface area contributed by atoms with Crippen molar-refractivity contribution in [2.24, 2.45) is 12.5 Å². The monoisotopic (exact) mass is 338 g/mol. The van der Waals surface area contributed by atoms with Crippen molar-refractivity contribution in [3.05, 3.63) is 36.0 Å². The Morgan fingerprint density at radius 2 is 1.96 bits per heavy atom. The zero-order valence-electron chi connectivity index (χ0n) is 15.8. The lowest BCUT2D eigenvalue weighted by Crippen LogP contribution is -2.19. The van der Waals surface area contributed by atoms with Gasteiger partial charge in [0.1, 0.15) is 0 Å². The molecular formula is C20H26N4O. The van der Waals surface area contributed by atoms with E-state index < -0.39 is 5.41 Å². The number of Topliss-reactive ketones (excluding diaryl/α,β-unsaturated/α-hetero) is 1. The summed E-state index contributed by atoms with van der Waals surface area (Å²) in [5.74, 6) is 0.933. The summed E-state index contributed by atoms with van der Waals surface area (Å²) in [6.07, 6.45) is 2.05. The van der Waals surface area contributed by atoms with Gasteiger partial charge in [0, 0.05) is 30.3 Å². The molecule has 0 bridgehead atoms. The molecule has 5 nitrogen and oxygen atoms in total. The normalized spacial score (nSPS) is 12.1. The number of nitrogens with one attached hydrogen (secondary N) is 2. The van der Waals surface area contributed by atoms with Crippen LogP contribution in [0.4, 0.5) is 5.69 Å². The van der Waals surface area contributed by atoms with Crippen LogP contribution in [-0.4, -0.2) is 26.4 Å². The van der Waals surface area contributed by atoms with Gasteiger partial charge < -0.3 is 14.9 Å².